The normalized spacial score (nSPS) is 22.8. The zero-order valence-corrected chi connectivity index (χ0v) is 10.3. The lowest BCUT2D eigenvalue weighted by Crippen LogP contribution is -2.31. The lowest BCUT2D eigenvalue weighted by Gasteiger charge is -2.22. The summed E-state index contributed by atoms with van der Waals surface area (Å²) >= 11 is 0. The maximum absolute atomic E-state index is 6.13. The highest BCUT2D eigenvalue weighted by atomic mass is 15.2. The van der Waals surface area contributed by atoms with Gasteiger partial charge in [0.15, 0.2) is 0 Å². The summed E-state index contributed by atoms with van der Waals surface area (Å²) in [5.41, 5.74) is 9.01. The summed E-state index contributed by atoms with van der Waals surface area (Å²) in [6.45, 7) is 4.02. The number of nitrogens with two attached hydrogens (primary N) is 1. The molecule has 0 saturated heterocycles. The van der Waals surface area contributed by atoms with Gasteiger partial charge in [-0.05, 0) is 37.5 Å². The standard InChI is InChI=1S/C14H19N3/c1-11(15)14(5-6-14)12-3-2-4-13(9-12)17-8-7-16-10-17/h2-4,9-11H,5-8,15H2,1H3. The van der Waals surface area contributed by atoms with Crippen LogP contribution in [0.3, 0.4) is 0 Å². The van der Waals surface area contributed by atoms with Crippen molar-refractivity contribution < 1.29 is 0 Å². The van der Waals surface area contributed by atoms with Gasteiger partial charge in [0.25, 0.3) is 0 Å². The molecule has 0 amide bonds. The second kappa shape index (κ2) is 3.84. The summed E-state index contributed by atoms with van der Waals surface area (Å²) < 4.78 is 0. The van der Waals surface area contributed by atoms with Crippen LogP contribution in [0, 0.1) is 0 Å². The molecule has 2 aliphatic rings. The lowest BCUT2D eigenvalue weighted by atomic mass is 9.89. The Labute approximate surface area is 102 Å². The number of aliphatic imine (C=N–C) groups is 1. The molecule has 1 aliphatic heterocycles. The van der Waals surface area contributed by atoms with Crippen molar-refractivity contribution in [3.8, 4) is 0 Å². The van der Waals surface area contributed by atoms with Crippen molar-refractivity contribution in [3.05, 3.63) is 29.8 Å². The molecule has 1 aromatic rings. The Kier molecular flexibility index (Phi) is 2.44. The first kappa shape index (κ1) is 10.8. The second-order valence-corrected chi connectivity index (χ2v) is 5.21. The largest absolute Gasteiger partial charge is 0.331 e. The van der Waals surface area contributed by atoms with Crippen LogP contribution in [0.2, 0.25) is 0 Å². The molecule has 1 unspecified atom stereocenters. The van der Waals surface area contributed by atoms with E-state index in [9.17, 15) is 0 Å². The number of nitrogens with zero attached hydrogens (tertiary/aromatic N) is 2. The van der Waals surface area contributed by atoms with Crippen molar-refractivity contribution in [2.75, 3.05) is 18.0 Å². The fourth-order valence-electron chi connectivity index (χ4n) is 2.71. The highest BCUT2D eigenvalue weighted by Crippen LogP contribution is 2.50. The van der Waals surface area contributed by atoms with Gasteiger partial charge in [0.05, 0.1) is 12.9 Å². The number of anilines is 1. The second-order valence-electron chi connectivity index (χ2n) is 5.21. The molecular weight excluding hydrogens is 210 g/mol. The van der Waals surface area contributed by atoms with Gasteiger partial charge in [-0.3, -0.25) is 4.99 Å². The first-order valence-electron chi connectivity index (χ1n) is 6.35. The van der Waals surface area contributed by atoms with Gasteiger partial charge in [0.1, 0.15) is 0 Å². The monoisotopic (exact) mass is 229 g/mol. The first-order valence-corrected chi connectivity index (χ1v) is 6.35. The quantitative estimate of drug-likeness (QED) is 0.860. The number of benzene rings is 1. The molecule has 2 N–H and O–H groups in total. The molecule has 0 bridgehead atoms. The molecule has 0 radical (unpaired) electrons. The van der Waals surface area contributed by atoms with Crippen LogP contribution in [-0.2, 0) is 5.41 Å². The Morgan fingerprint density at radius 2 is 2.24 bits per heavy atom. The van der Waals surface area contributed by atoms with Crippen molar-refractivity contribution in [2.24, 2.45) is 10.7 Å². The van der Waals surface area contributed by atoms with Crippen molar-refractivity contribution in [3.63, 3.8) is 0 Å². The molecular formula is C14H19N3. The smallest absolute Gasteiger partial charge is 0.0895 e. The third kappa shape index (κ3) is 1.75. The minimum Gasteiger partial charge on any atom is -0.331 e. The van der Waals surface area contributed by atoms with Gasteiger partial charge in [-0.1, -0.05) is 12.1 Å². The van der Waals surface area contributed by atoms with E-state index in [0.29, 0.717) is 0 Å². The Morgan fingerprint density at radius 3 is 2.82 bits per heavy atom. The highest BCUT2D eigenvalue weighted by molar-refractivity contribution is 5.81. The van der Waals surface area contributed by atoms with Gasteiger partial charge in [0.2, 0.25) is 0 Å². The van der Waals surface area contributed by atoms with Crippen LogP contribution in [0.1, 0.15) is 25.3 Å². The molecule has 1 atom stereocenters. The van der Waals surface area contributed by atoms with Gasteiger partial charge in [-0.2, -0.15) is 0 Å². The summed E-state index contributed by atoms with van der Waals surface area (Å²) in [7, 11) is 0. The molecule has 1 fully saturated rings. The average Bonchev–Trinajstić information content (AvgIpc) is 2.98. The molecule has 90 valence electrons. The number of hydrogen-bond donors (Lipinski definition) is 1. The molecule has 0 aromatic heterocycles. The van der Waals surface area contributed by atoms with E-state index in [-0.39, 0.29) is 11.5 Å². The van der Waals surface area contributed by atoms with Gasteiger partial charge in [-0.15, -0.1) is 0 Å². The van der Waals surface area contributed by atoms with E-state index < -0.39 is 0 Å². The van der Waals surface area contributed by atoms with E-state index in [1.54, 1.807) is 0 Å². The summed E-state index contributed by atoms with van der Waals surface area (Å²) in [6, 6.07) is 9.03. The van der Waals surface area contributed by atoms with Gasteiger partial charge in [-0.25, -0.2) is 0 Å². The number of hydrogen-bond acceptors (Lipinski definition) is 3. The van der Waals surface area contributed by atoms with Gasteiger partial charge < -0.3 is 10.6 Å². The molecule has 3 heteroatoms. The van der Waals surface area contributed by atoms with Crippen molar-refractivity contribution in [2.45, 2.75) is 31.2 Å². The predicted molar refractivity (Wildman–Crippen MR) is 71.7 cm³/mol. The van der Waals surface area contributed by atoms with Crippen LogP contribution in [0.4, 0.5) is 5.69 Å². The van der Waals surface area contributed by atoms with Crippen molar-refractivity contribution >= 4 is 12.0 Å². The van der Waals surface area contributed by atoms with E-state index >= 15 is 0 Å². The van der Waals surface area contributed by atoms with Crippen LogP contribution >= 0.6 is 0 Å². The van der Waals surface area contributed by atoms with Crippen molar-refractivity contribution in [1.82, 2.24) is 0 Å². The van der Waals surface area contributed by atoms with E-state index in [1.165, 1.54) is 24.1 Å². The Hall–Kier alpha value is -1.35. The lowest BCUT2D eigenvalue weighted by molar-refractivity contribution is 0.557. The minimum atomic E-state index is 0.241. The third-order valence-corrected chi connectivity index (χ3v) is 4.10. The van der Waals surface area contributed by atoms with E-state index in [1.807, 2.05) is 6.34 Å². The Morgan fingerprint density at radius 1 is 1.41 bits per heavy atom. The molecule has 17 heavy (non-hydrogen) atoms. The fourth-order valence-corrected chi connectivity index (χ4v) is 2.71. The van der Waals surface area contributed by atoms with Crippen LogP contribution in [-0.4, -0.2) is 25.5 Å². The molecule has 1 saturated carbocycles. The maximum Gasteiger partial charge on any atom is 0.0895 e. The first-order chi connectivity index (χ1) is 8.22. The molecule has 1 aliphatic carbocycles. The highest BCUT2D eigenvalue weighted by Gasteiger charge is 2.47. The summed E-state index contributed by atoms with van der Waals surface area (Å²) in [5, 5.41) is 0. The maximum atomic E-state index is 6.13. The molecule has 1 heterocycles. The Bertz CT molecular complexity index is 447. The molecule has 1 aromatic carbocycles. The fraction of sp³-hybridized carbons (Fsp3) is 0.500. The zero-order valence-electron chi connectivity index (χ0n) is 10.3. The summed E-state index contributed by atoms with van der Waals surface area (Å²) in [5.74, 6) is 0. The molecule has 3 nitrogen and oxygen atoms in total. The zero-order chi connectivity index (χ0) is 11.9. The third-order valence-electron chi connectivity index (χ3n) is 4.10. The topological polar surface area (TPSA) is 41.6 Å². The summed E-state index contributed by atoms with van der Waals surface area (Å²) in [6.07, 6.45) is 4.38. The van der Waals surface area contributed by atoms with E-state index in [2.05, 4.69) is 41.1 Å². The van der Waals surface area contributed by atoms with E-state index in [4.69, 9.17) is 5.73 Å². The SMILES string of the molecule is CC(N)C1(c2cccc(N3C=NCC3)c2)CC1. The van der Waals surface area contributed by atoms with Crippen LogP contribution in [0.15, 0.2) is 29.3 Å². The predicted octanol–water partition coefficient (Wildman–Crippen LogP) is 1.91. The molecule has 3 rings (SSSR count). The summed E-state index contributed by atoms with van der Waals surface area (Å²) in [4.78, 5) is 6.47. The number of rotatable bonds is 3. The van der Waals surface area contributed by atoms with Gasteiger partial charge in [0, 0.05) is 23.7 Å². The average molecular weight is 229 g/mol. The molecule has 0 spiro atoms. The van der Waals surface area contributed by atoms with Crippen molar-refractivity contribution in [1.29, 1.82) is 0 Å². The van der Waals surface area contributed by atoms with Crippen LogP contribution in [0.5, 0.6) is 0 Å². The van der Waals surface area contributed by atoms with E-state index in [0.717, 1.165) is 13.1 Å². The minimum absolute atomic E-state index is 0.241. The van der Waals surface area contributed by atoms with Crippen LogP contribution in [0.25, 0.3) is 0 Å². The Balaban J connectivity index is 1.92. The van der Waals surface area contributed by atoms with Crippen LogP contribution < -0.4 is 10.6 Å². The van der Waals surface area contributed by atoms with Gasteiger partial charge >= 0.3 is 0 Å².